The normalized spacial score (nSPS) is 12.6. The first kappa shape index (κ1) is 17.8. The van der Waals surface area contributed by atoms with E-state index in [0.29, 0.717) is 35.6 Å². The molecule has 0 unspecified atom stereocenters. The van der Waals surface area contributed by atoms with E-state index in [0.717, 1.165) is 10.2 Å². The Bertz CT molecular complexity index is 966. The minimum absolute atomic E-state index is 0.161. The van der Waals surface area contributed by atoms with Crippen LogP contribution in [0.3, 0.4) is 0 Å². The van der Waals surface area contributed by atoms with Gasteiger partial charge in [-0.25, -0.2) is 0 Å². The summed E-state index contributed by atoms with van der Waals surface area (Å²) < 4.78 is 13.4. The zero-order chi connectivity index (χ0) is 18.6. The number of halogens is 1. The summed E-state index contributed by atoms with van der Waals surface area (Å²) in [6, 6.07) is 13.0. The average Bonchev–Trinajstić information content (AvgIpc) is 3.16. The van der Waals surface area contributed by atoms with Gasteiger partial charge in [0, 0.05) is 16.6 Å². The van der Waals surface area contributed by atoms with E-state index in [1.165, 1.54) is 11.8 Å². The van der Waals surface area contributed by atoms with Gasteiger partial charge in [-0.05, 0) is 38.5 Å². The van der Waals surface area contributed by atoms with Gasteiger partial charge in [0.25, 0.3) is 0 Å². The summed E-state index contributed by atoms with van der Waals surface area (Å²) in [5.41, 5.74) is 1.45. The third-order valence-electron chi connectivity index (χ3n) is 3.68. The highest BCUT2D eigenvalue weighted by Gasteiger charge is 2.17. The second-order valence-corrected chi connectivity index (χ2v) is 7.32. The number of hydrogen-bond acceptors (Lipinski definition) is 7. The molecule has 0 saturated heterocycles. The molecule has 0 aliphatic carbocycles. The number of fused-ring (bicyclic) bond motifs is 1. The van der Waals surface area contributed by atoms with Crippen LogP contribution in [0.25, 0.3) is 5.69 Å². The SMILES string of the molecule is O=C(CSc1nnnn1-c1ccccc1)Nc1cc2c(cc1Br)OCCO2. The van der Waals surface area contributed by atoms with Gasteiger partial charge in [-0.1, -0.05) is 30.0 Å². The molecule has 0 spiro atoms. The Morgan fingerprint density at radius 2 is 1.93 bits per heavy atom. The van der Waals surface area contributed by atoms with Crippen molar-refractivity contribution in [1.82, 2.24) is 20.2 Å². The Kier molecular flexibility index (Phi) is 5.26. The second-order valence-electron chi connectivity index (χ2n) is 5.52. The van der Waals surface area contributed by atoms with Crippen LogP contribution in [0.15, 0.2) is 52.1 Å². The molecule has 0 bridgehead atoms. The van der Waals surface area contributed by atoms with E-state index in [2.05, 4.69) is 36.8 Å². The predicted molar refractivity (Wildman–Crippen MR) is 104 cm³/mol. The lowest BCUT2D eigenvalue weighted by Crippen LogP contribution is -2.18. The molecule has 4 rings (SSSR count). The number of amides is 1. The van der Waals surface area contributed by atoms with Crippen molar-refractivity contribution >= 4 is 39.3 Å². The highest BCUT2D eigenvalue weighted by Crippen LogP contribution is 2.38. The van der Waals surface area contributed by atoms with Crippen LogP contribution >= 0.6 is 27.7 Å². The van der Waals surface area contributed by atoms with Gasteiger partial charge in [0.1, 0.15) is 13.2 Å². The van der Waals surface area contributed by atoms with Gasteiger partial charge in [-0.15, -0.1) is 5.10 Å². The average molecular weight is 448 g/mol. The standard InChI is InChI=1S/C17H14BrN5O3S/c18-12-8-14-15(26-7-6-25-14)9-13(12)19-16(24)10-27-17-20-21-22-23(17)11-4-2-1-3-5-11/h1-5,8-9H,6-7,10H2,(H,19,24). The van der Waals surface area contributed by atoms with Crippen LogP contribution in [0.5, 0.6) is 11.5 Å². The third-order valence-corrected chi connectivity index (χ3v) is 5.26. The number of hydrogen-bond donors (Lipinski definition) is 1. The highest BCUT2D eigenvalue weighted by atomic mass is 79.9. The zero-order valence-corrected chi connectivity index (χ0v) is 16.4. The van der Waals surface area contributed by atoms with E-state index in [1.807, 2.05) is 30.3 Å². The Morgan fingerprint density at radius 3 is 2.70 bits per heavy atom. The van der Waals surface area contributed by atoms with Crippen molar-refractivity contribution in [3.05, 3.63) is 46.9 Å². The van der Waals surface area contributed by atoms with E-state index in [-0.39, 0.29) is 11.7 Å². The lowest BCUT2D eigenvalue weighted by molar-refractivity contribution is -0.113. The van der Waals surface area contributed by atoms with Crippen LogP contribution in [0.4, 0.5) is 5.69 Å². The number of ether oxygens (including phenoxy) is 2. The van der Waals surface area contributed by atoms with Gasteiger partial charge in [0.2, 0.25) is 11.1 Å². The molecule has 2 aromatic carbocycles. The van der Waals surface area contributed by atoms with E-state index < -0.39 is 0 Å². The lowest BCUT2D eigenvalue weighted by Gasteiger charge is -2.20. The summed E-state index contributed by atoms with van der Waals surface area (Å²) in [6.45, 7) is 0.998. The first-order chi connectivity index (χ1) is 13.2. The predicted octanol–water partition coefficient (Wildman–Crippen LogP) is 2.93. The second kappa shape index (κ2) is 7.97. The Hall–Kier alpha value is -2.59. The van der Waals surface area contributed by atoms with Gasteiger partial charge < -0.3 is 14.8 Å². The van der Waals surface area contributed by atoms with Crippen molar-refractivity contribution in [3.8, 4) is 17.2 Å². The number of carbonyl (C=O) groups is 1. The third kappa shape index (κ3) is 4.06. The van der Waals surface area contributed by atoms with E-state index >= 15 is 0 Å². The number of para-hydroxylation sites is 1. The summed E-state index contributed by atoms with van der Waals surface area (Å²) in [6.07, 6.45) is 0. The highest BCUT2D eigenvalue weighted by molar-refractivity contribution is 9.10. The monoisotopic (exact) mass is 447 g/mol. The van der Waals surface area contributed by atoms with Crippen LogP contribution in [0.2, 0.25) is 0 Å². The van der Waals surface area contributed by atoms with Crippen LogP contribution in [-0.2, 0) is 4.79 Å². The molecule has 0 atom stereocenters. The fourth-order valence-electron chi connectivity index (χ4n) is 2.48. The van der Waals surface area contributed by atoms with Crippen molar-refractivity contribution in [1.29, 1.82) is 0 Å². The minimum atomic E-state index is -0.181. The quantitative estimate of drug-likeness (QED) is 0.601. The number of nitrogens with zero attached hydrogens (tertiary/aromatic N) is 4. The summed E-state index contributed by atoms with van der Waals surface area (Å²) in [7, 11) is 0. The Labute approximate surface area is 167 Å². The molecule has 10 heteroatoms. The van der Waals surface area contributed by atoms with Crippen molar-refractivity contribution in [2.24, 2.45) is 0 Å². The number of thioether (sulfide) groups is 1. The molecule has 0 fully saturated rings. The summed E-state index contributed by atoms with van der Waals surface area (Å²) in [5, 5.41) is 15.1. The van der Waals surface area contributed by atoms with Crippen molar-refractivity contribution < 1.29 is 14.3 Å². The molecule has 0 saturated carbocycles. The molecule has 27 heavy (non-hydrogen) atoms. The van der Waals surface area contributed by atoms with E-state index in [9.17, 15) is 4.79 Å². The Morgan fingerprint density at radius 1 is 1.19 bits per heavy atom. The number of carbonyl (C=O) groups excluding carboxylic acids is 1. The van der Waals surface area contributed by atoms with Gasteiger partial charge in [0.05, 0.1) is 17.1 Å². The number of tetrazole rings is 1. The molecule has 1 aliphatic heterocycles. The van der Waals surface area contributed by atoms with Crippen LogP contribution in [0, 0.1) is 0 Å². The fraction of sp³-hybridized carbons (Fsp3) is 0.176. The summed E-state index contributed by atoms with van der Waals surface area (Å²) in [5.74, 6) is 1.25. The molecule has 1 aromatic heterocycles. The first-order valence-corrected chi connectivity index (χ1v) is 9.84. The van der Waals surface area contributed by atoms with E-state index in [4.69, 9.17) is 9.47 Å². The number of benzene rings is 2. The maximum absolute atomic E-state index is 12.4. The number of rotatable bonds is 5. The fourth-order valence-corrected chi connectivity index (χ4v) is 3.59. The number of anilines is 1. The smallest absolute Gasteiger partial charge is 0.234 e. The molecule has 0 radical (unpaired) electrons. The minimum Gasteiger partial charge on any atom is -0.486 e. The molecule has 138 valence electrons. The molecule has 1 amide bonds. The molecular formula is C17H14BrN5O3S. The maximum atomic E-state index is 12.4. The lowest BCUT2D eigenvalue weighted by atomic mass is 10.2. The van der Waals surface area contributed by atoms with Gasteiger partial charge in [-0.3, -0.25) is 4.79 Å². The summed E-state index contributed by atoms with van der Waals surface area (Å²) in [4.78, 5) is 12.4. The molecule has 8 nitrogen and oxygen atoms in total. The molecule has 2 heterocycles. The van der Waals surface area contributed by atoms with Gasteiger partial charge in [0.15, 0.2) is 11.5 Å². The molecular weight excluding hydrogens is 434 g/mol. The summed E-state index contributed by atoms with van der Waals surface area (Å²) >= 11 is 4.70. The largest absolute Gasteiger partial charge is 0.486 e. The van der Waals surface area contributed by atoms with Crippen molar-refractivity contribution in [3.63, 3.8) is 0 Å². The first-order valence-electron chi connectivity index (χ1n) is 8.06. The van der Waals surface area contributed by atoms with E-state index in [1.54, 1.807) is 16.8 Å². The van der Waals surface area contributed by atoms with Crippen molar-refractivity contribution in [2.45, 2.75) is 5.16 Å². The van der Waals surface area contributed by atoms with Crippen LogP contribution in [0.1, 0.15) is 0 Å². The number of nitrogens with one attached hydrogen (secondary N) is 1. The van der Waals surface area contributed by atoms with Crippen LogP contribution < -0.4 is 14.8 Å². The molecule has 3 aromatic rings. The maximum Gasteiger partial charge on any atom is 0.234 e. The number of aromatic nitrogens is 4. The molecule has 1 N–H and O–H groups in total. The van der Waals surface area contributed by atoms with Crippen LogP contribution in [-0.4, -0.2) is 45.1 Å². The van der Waals surface area contributed by atoms with Crippen molar-refractivity contribution in [2.75, 3.05) is 24.3 Å². The Balaban J connectivity index is 1.42. The zero-order valence-electron chi connectivity index (χ0n) is 14.0. The van der Waals surface area contributed by atoms with Gasteiger partial charge in [-0.2, -0.15) is 4.68 Å². The van der Waals surface area contributed by atoms with Gasteiger partial charge >= 0.3 is 0 Å². The topological polar surface area (TPSA) is 91.2 Å². The molecule has 1 aliphatic rings.